The molecule has 2 amide bonds. The number of hydrogen-bond acceptors (Lipinski definition) is 4. The average molecular weight is 398 g/mol. The molecule has 1 aliphatic heterocycles. The van der Waals surface area contributed by atoms with E-state index in [0.717, 1.165) is 25.3 Å². The molecule has 2 unspecified atom stereocenters. The molecule has 1 aromatic carbocycles. The molecule has 7 heteroatoms. The maximum Gasteiger partial charge on any atom is 0.253 e. The number of nitrogens with zero attached hydrogens (tertiary/aromatic N) is 1. The molecule has 0 saturated carbocycles. The minimum Gasteiger partial charge on any atom is -0.353 e. The molecule has 26 heavy (non-hydrogen) atoms. The fourth-order valence-corrected chi connectivity index (χ4v) is 3.96. The normalized spacial score (nSPS) is 18.5. The largest absolute Gasteiger partial charge is 0.353 e. The van der Waals surface area contributed by atoms with Crippen LogP contribution in [0.4, 0.5) is 0 Å². The lowest BCUT2D eigenvalue weighted by Gasteiger charge is -2.24. The summed E-state index contributed by atoms with van der Waals surface area (Å²) in [7, 11) is 0. The van der Waals surface area contributed by atoms with Gasteiger partial charge >= 0.3 is 0 Å². The number of likely N-dealkylation sites (N-methyl/N-ethyl adjacent to an activating group) is 1. The molecule has 1 saturated heterocycles. The Labute approximate surface area is 165 Å². The molecule has 1 aromatic rings. The van der Waals surface area contributed by atoms with E-state index in [-0.39, 0.29) is 11.8 Å². The molecule has 0 spiro atoms. The molecular formula is C19H28ClN3O2S. The Morgan fingerprint density at radius 3 is 2.85 bits per heavy atom. The first-order valence-corrected chi connectivity index (χ1v) is 10.9. The van der Waals surface area contributed by atoms with Crippen molar-refractivity contribution < 1.29 is 9.59 Å². The van der Waals surface area contributed by atoms with Crippen molar-refractivity contribution >= 4 is 35.2 Å². The number of amides is 2. The van der Waals surface area contributed by atoms with Crippen LogP contribution in [0.1, 0.15) is 36.5 Å². The van der Waals surface area contributed by atoms with E-state index in [9.17, 15) is 9.59 Å². The summed E-state index contributed by atoms with van der Waals surface area (Å²) >= 11 is 7.75. The molecular weight excluding hydrogens is 370 g/mol. The summed E-state index contributed by atoms with van der Waals surface area (Å²) in [5, 5.41) is 6.27. The van der Waals surface area contributed by atoms with Crippen LogP contribution in [-0.4, -0.2) is 60.4 Å². The summed E-state index contributed by atoms with van der Waals surface area (Å²) in [5.41, 5.74) is 0.393. The highest BCUT2D eigenvalue weighted by atomic mass is 35.5. The SMILES string of the molecule is CCN1CCCC1CNC(=O)C(CCSC)NC(=O)c1ccccc1Cl. The third-order valence-electron chi connectivity index (χ3n) is 4.77. The number of nitrogens with one attached hydrogen (secondary N) is 2. The van der Waals surface area contributed by atoms with E-state index in [0.29, 0.717) is 29.6 Å². The monoisotopic (exact) mass is 397 g/mol. The van der Waals surface area contributed by atoms with Crippen molar-refractivity contribution in [3.8, 4) is 0 Å². The third kappa shape index (κ3) is 5.89. The summed E-state index contributed by atoms with van der Waals surface area (Å²) in [6, 6.07) is 6.72. The predicted octanol–water partition coefficient (Wildman–Crippen LogP) is 2.79. The molecule has 5 nitrogen and oxygen atoms in total. The van der Waals surface area contributed by atoms with E-state index in [1.807, 2.05) is 6.26 Å². The Morgan fingerprint density at radius 1 is 1.38 bits per heavy atom. The van der Waals surface area contributed by atoms with Gasteiger partial charge in [-0.3, -0.25) is 14.5 Å². The molecule has 1 heterocycles. The number of rotatable bonds is 9. The second kappa shape index (κ2) is 10.8. The van der Waals surface area contributed by atoms with Gasteiger partial charge in [-0.15, -0.1) is 0 Å². The molecule has 144 valence electrons. The highest BCUT2D eigenvalue weighted by Crippen LogP contribution is 2.17. The van der Waals surface area contributed by atoms with Crippen LogP contribution in [0.2, 0.25) is 5.02 Å². The van der Waals surface area contributed by atoms with E-state index in [1.54, 1.807) is 36.0 Å². The molecule has 1 fully saturated rings. The van der Waals surface area contributed by atoms with Gasteiger partial charge in [-0.05, 0) is 56.5 Å². The van der Waals surface area contributed by atoms with E-state index < -0.39 is 6.04 Å². The quantitative estimate of drug-likeness (QED) is 0.672. The zero-order valence-corrected chi connectivity index (χ0v) is 17.0. The van der Waals surface area contributed by atoms with Crippen LogP contribution >= 0.6 is 23.4 Å². The lowest BCUT2D eigenvalue weighted by molar-refractivity contribution is -0.123. The maximum absolute atomic E-state index is 12.7. The molecule has 0 aliphatic carbocycles. The van der Waals surface area contributed by atoms with Gasteiger partial charge in [0, 0.05) is 12.6 Å². The predicted molar refractivity (Wildman–Crippen MR) is 109 cm³/mol. The van der Waals surface area contributed by atoms with E-state index in [2.05, 4.69) is 22.5 Å². The van der Waals surface area contributed by atoms with Crippen molar-refractivity contribution in [3.05, 3.63) is 34.9 Å². The topological polar surface area (TPSA) is 61.4 Å². The van der Waals surface area contributed by atoms with Crippen LogP contribution < -0.4 is 10.6 Å². The van der Waals surface area contributed by atoms with Gasteiger partial charge in [0.25, 0.3) is 5.91 Å². The van der Waals surface area contributed by atoms with Crippen LogP contribution in [0.25, 0.3) is 0 Å². The summed E-state index contributed by atoms with van der Waals surface area (Å²) in [4.78, 5) is 27.6. The average Bonchev–Trinajstić information content (AvgIpc) is 3.10. The van der Waals surface area contributed by atoms with Crippen LogP contribution in [0.5, 0.6) is 0 Å². The van der Waals surface area contributed by atoms with Crippen molar-refractivity contribution in [2.24, 2.45) is 0 Å². The van der Waals surface area contributed by atoms with Crippen molar-refractivity contribution in [1.29, 1.82) is 0 Å². The molecule has 1 aliphatic rings. The van der Waals surface area contributed by atoms with Gasteiger partial charge in [0.15, 0.2) is 0 Å². The van der Waals surface area contributed by atoms with Gasteiger partial charge in [0.1, 0.15) is 6.04 Å². The van der Waals surface area contributed by atoms with Gasteiger partial charge in [0.05, 0.1) is 10.6 Å². The summed E-state index contributed by atoms with van der Waals surface area (Å²) in [5.74, 6) is 0.362. The van der Waals surface area contributed by atoms with Gasteiger partial charge in [-0.2, -0.15) is 11.8 Å². The van der Waals surface area contributed by atoms with Crippen molar-refractivity contribution in [2.45, 2.75) is 38.3 Å². The standard InChI is InChI=1S/C19H28ClN3O2S/c1-3-23-11-6-7-14(23)13-21-19(25)17(10-12-26-2)22-18(24)15-8-4-5-9-16(15)20/h4-5,8-9,14,17H,3,6-7,10-13H2,1-2H3,(H,21,25)(H,22,24). The van der Waals surface area contributed by atoms with E-state index >= 15 is 0 Å². The third-order valence-corrected chi connectivity index (χ3v) is 5.74. The molecule has 0 radical (unpaired) electrons. The molecule has 0 bridgehead atoms. The second-order valence-electron chi connectivity index (χ2n) is 6.46. The highest BCUT2D eigenvalue weighted by molar-refractivity contribution is 7.98. The number of benzene rings is 1. The number of likely N-dealkylation sites (tertiary alicyclic amines) is 1. The molecule has 2 rings (SSSR count). The summed E-state index contributed by atoms with van der Waals surface area (Å²) in [6.07, 6.45) is 4.86. The lowest BCUT2D eigenvalue weighted by Crippen LogP contribution is -2.50. The second-order valence-corrected chi connectivity index (χ2v) is 7.85. The van der Waals surface area contributed by atoms with Crippen LogP contribution in [0.3, 0.4) is 0 Å². The first kappa shape index (κ1) is 21.1. The van der Waals surface area contributed by atoms with Crippen molar-refractivity contribution in [3.63, 3.8) is 0 Å². The van der Waals surface area contributed by atoms with E-state index in [4.69, 9.17) is 11.6 Å². The van der Waals surface area contributed by atoms with Crippen molar-refractivity contribution in [2.75, 3.05) is 31.6 Å². The number of thioether (sulfide) groups is 1. The van der Waals surface area contributed by atoms with Crippen LogP contribution in [-0.2, 0) is 4.79 Å². The Balaban J connectivity index is 1.95. The van der Waals surface area contributed by atoms with Crippen molar-refractivity contribution in [1.82, 2.24) is 15.5 Å². The molecule has 2 atom stereocenters. The molecule has 2 N–H and O–H groups in total. The minimum atomic E-state index is -0.553. The highest BCUT2D eigenvalue weighted by Gasteiger charge is 2.26. The fourth-order valence-electron chi connectivity index (χ4n) is 3.27. The summed E-state index contributed by atoms with van der Waals surface area (Å²) in [6.45, 7) is 4.87. The van der Waals surface area contributed by atoms with Gasteiger partial charge in [-0.1, -0.05) is 30.7 Å². The van der Waals surface area contributed by atoms with Crippen LogP contribution in [0.15, 0.2) is 24.3 Å². The zero-order valence-electron chi connectivity index (χ0n) is 15.5. The lowest BCUT2D eigenvalue weighted by atomic mass is 10.1. The van der Waals surface area contributed by atoms with Gasteiger partial charge < -0.3 is 10.6 Å². The number of carbonyl (C=O) groups excluding carboxylic acids is 2. The Kier molecular flexibility index (Phi) is 8.75. The minimum absolute atomic E-state index is 0.123. The maximum atomic E-state index is 12.7. The Morgan fingerprint density at radius 2 is 2.15 bits per heavy atom. The fraction of sp³-hybridized carbons (Fsp3) is 0.579. The molecule has 0 aromatic heterocycles. The first-order chi connectivity index (χ1) is 12.6. The zero-order chi connectivity index (χ0) is 18.9. The Bertz CT molecular complexity index is 614. The number of halogens is 1. The number of carbonyl (C=O) groups is 2. The summed E-state index contributed by atoms with van der Waals surface area (Å²) < 4.78 is 0. The van der Waals surface area contributed by atoms with Gasteiger partial charge in [-0.25, -0.2) is 0 Å². The Hall–Kier alpha value is -1.24. The smallest absolute Gasteiger partial charge is 0.253 e. The van der Waals surface area contributed by atoms with E-state index in [1.165, 1.54) is 6.42 Å². The number of hydrogen-bond donors (Lipinski definition) is 2. The van der Waals surface area contributed by atoms with Gasteiger partial charge in [0.2, 0.25) is 5.91 Å². The van der Waals surface area contributed by atoms with Crippen LogP contribution in [0, 0.1) is 0 Å². The first-order valence-electron chi connectivity index (χ1n) is 9.12.